The third-order valence-electron chi connectivity index (χ3n) is 1.53. The van der Waals surface area contributed by atoms with Gasteiger partial charge in [0.05, 0.1) is 0 Å². The topological polar surface area (TPSA) is 74.8 Å². The largest absolute Gasteiger partial charge is 0.355 e. The van der Waals surface area contributed by atoms with Crippen molar-refractivity contribution in [1.29, 1.82) is 0 Å². The fourth-order valence-corrected chi connectivity index (χ4v) is 1.45. The first-order valence-corrected chi connectivity index (χ1v) is 5.11. The Balaban J connectivity index is 3.02. The van der Waals surface area contributed by atoms with E-state index in [0.29, 0.717) is 5.16 Å². The zero-order valence-electron chi connectivity index (χ0n) is 7.96. The summed E-state index contributed by atoms with van der Waals surface area (Å²) in [6.45, 7) is 1.96. The number of aromatic amines is 1. The Kier molecular flexibility index (Phi) is 3.70. The van der Waals surface area contributed by atoms with E-state index >= 15 is 0 Å². The number of carbonyl (C=O) groups excluding carboxylic acids is 1. The van der Waals surface area contributed by atoms with Crippen LogP contribution in [0, 0.1) is 0 Å². The summed E-state index contributed by atoms with van der Waals surface area (Å²) in [5.41, 5.74) is -0.372. The van der Waals surface area contributed by atoms with Crippen LogP contribution in [0.3, 0.4) is 0 Å². The number of carbonyl (C=O) groups is 1. The average molecular weight is 213 g/mol. The summed E-state index contributed by atoms with van der Waals surface area (Å²) in [6, 6.07) is 0. The zero-order chi connectivity index (χ0) is 10.6. The lowest BCUT2D eigenvalue weighted by Gasteiger charge is -2.00. The predicted octanol–water partition coefficient (Wildman–Crippen LogP) is 0.241. The van der Waals surface area contributed by atoms with E-state index < -0.39 is 11.5 Å². The van der Waals surface area contributed by atoms with Crippen LogP contribution in [0.1, 0.15) is 17.3 Å². The maximum atomic E-state index is 11.3. The Labute approximate surface area is 85.3 Å². The third-order valence-corrected chi connectivity index (χ3v) is 2.30. The number of nitrogens with zero attached hydrogens (tertiary/aromatic N) is 1. The number of hydrogen-bond donors (Lipinski definition) is 2. The van der Waals surface area contributed by atoms with Crippen LogP contribution in [0.5, 0.6) is 0 Å². The second-order valence-corrected chi connectivity index (χ2v) is 3.70. The molecule has 1 heterocycles. The first-order chi connectivity index (χ1) is 6.69. The minimum Gasteiger partial charge on any atom is -0.355 e. The maximum Gasteiger partial charge on any atom is 0.264 e. The Bertz CT molecular complexity index is 388. The van der Waals surface area contributed by atoms with Crippen molar-refractivity contribution in [3.63, 3.8) is 0 Å². The molecule has 5 nitrogen and oxygen atoms in total. The van der Waals surface area contributed by atoms with Gasteiger partial charge >= 0.3 is 0 Å². The van der Waals surface area contributed by atoms with Gasteiger partial charge in [0.1, 0.15) is 5.56 Å². The van der Waals surface area contributed by atoms with E-state index in [-0.39, 0.29) is 5.56 Å². The molecule has 0 aliphatic heterocycles. The summed E-state index contributed by atoms with van der Waals surface area (Å²) < 4.78 is 0. The fourth-order valence-electron chi connectivity index (χ4n) is 0.885. The number of aromatic nitrogens is 2. The summed E-state index contributed by atoms with van der Waals surface area (Å²) in [4.78, 5) is 28.9. The Morgan fingerprint density at radius 3 is 2.93 bits per heavy atom. The van der Waals surface area contributed by atoms with E-state index in [2.05, 4.69) is 15.3 Å². The van der Waals surface area contributed by atoms with Gasteiger partial charge in [0.15, 0.2) is 5.16 Å². The van der Waals surface area contributed by atoms with Crippen LogP contribution < -0.4 is 10.9 Å². The number of thioether (sulfide) groups is 1. The molecular weight excluding hydrogens is 202 g/mol. The van der Waals surface area contributed by atoms with Gasteiger partial charge in [-0.25, -0.2) is 4.98 Å². The normalized spacial score (nSPS) is 9.86. The molecule has 1 aromatic heterocycles. The first-order valence-electron chi connectivity index (χ1n) is 4.13. The molecular formula is C8H11N3O2S. The SMILES string of the molecule is CCSc1ncc(C(=O)NC)c(=O)[nH]1. The lowest BCUT2D eigenvalue weighted by Crippen LogP contribution is -2.27. The molecule has 0 aliphatic rings. The number of amides is 1. The minimum absolute atomic E-state index is 0.0351. The van der Waals surface area contributed by atoms with E-state index in [1.165, 1.54) is 25.0 Å². The molecule has 6 heteroatoms. The molecule has 0 bridgehead atoms. The second-order valence-electron chi connectivity index (χ2n) is 2.44. The van der Waals surface area contributed by atoms with Crippen LogP contribution >= 0.6 is 11.8 Å². The van der Waals surface area contributed by atoms with Crippen molar-refractivity contribution >= 4 is 17.7 Å². The average Bonchev–Trinajstić information content (AvgIpc) is 2.17. The molecule has 0 aromatic carbocycles. The Morgan fingerprint density at radius 1 is 1.71 bits per heavy atom. The van der Waals surface area contributed by atoms with Gasteiger partial charge in [-0.1, -0.05) is 18.7 Å². The molecule has 1 amide bonds. The van der Waals surface area contributed by atoms with E-state index in [1.807, 2.05) is 6.92 Å². The van der Waals surface area contributed by atoms with E-state index in [0.717, 1.165) is 5.75 Å². The highest BCUT2D eigenvalue weighted by Gasteiger charge is 2.09. The van der Waals surface area contributed by atoms with Crippen LogP contribution in [-0.2, 0) is 0 Å². The minimum atomic E-state index is -0.424. The van der Waals surface area contributed by atoms with Crippen molar-refractivity contribution in [2.75, 3.05) is 12.8 Å². The lowest BCUT2D eigenvalue weighted by molar-refractivity contribution is 0.0961. The Morgan fingerprint density at radius 2 is 2.43 bits per heavy atom. The molecule has 14 heavy (non-hydrogen) atoms. The molecule has 0 unspecified atom stereocenters. The van der Waals surface area contributed by atoms with Gasteiger partial charge in [-0.15, -0.1) is 0 Å². The first kappa shape index (κ1) is 10.8. The highest BCUT2D eigenvalue weighted by atomic mass is 32.2. The molecule has 0 saturated carbocycles. The molecule has 1 rings (SSSR count). The van der Waals surface area contributed by atoms with Crippen LogP contribution in [0.15, 0.2) is 16.1 Å². The smallest absolute Gasteiger partial charge is 0.264 e. The highest BCUT2D eigenvalue weighted by Crippen LogP contribution is 2.08. The predicted molar refractivity (Wildman–Crippen MR) is 54.6 cm³/mol. The standard InChI is InChI=1S/C8H11N3O2S/c1-3-14-8-10-4-5(6(12)9-2)7(13)11-8/h4H,3H2,1-2H3,(H,9,12)(H,10,11,13). The van der Waals surface area contributed by atoms with Crippen LogP contribution in [0.25, 0.3) is 0 Å². The third kappa shape index (κ3) is 2.35. The van der Waals surface area contributed by atoms with E-state index in [1.54, 1.807) is 0 Å². The quantitative estimate of drug-likeness (QED) is 0.557. The summed E-state index contributed by atoms with van der Waals surface area (Å²) in [6.07, 6.45) is 1.29. The molecule has 0 radical (unpaired) electrons. The molecule has 1 aromatic rings. The Hall–Kier alpha value is -1.30. The van der Waals surface area contributed by atoms with Crippen LogP contribution in [0.4, 0.5) is 0 Å². The van der Waals surface area contributed by atoms with E-state index in [4.69, 9.17) is 0 Å². The fraction of sp³-hybridized carbons (Fsp3) is 0.375. The summed E-state index contributed by atoms with van der Waals surface area (Å²) >= 11 is 1.42. The second kappa shape index (κ2) is 4.80. The van der Waals surface area contributed by atoms with Gasteiger partial charge in [-0.2, -0.15) is 0 Å². The molecule has 0 fully saturated rings. The van der Waals surface area contributed by atoms with Crippen molar-refractivity contribution in [2.24, 2.45) is 0 Å². The molecule has 76 valence electrons. The van der Waals surface area contributed by atoms with Gasteiger partial charge in [0.2, 0.25) is 0 Å². The highest BCUT2D eigenvalue weighted by molar-refractivity contribution is 7.99. The van der Waals surface area contributed by atoms with Crippen molar-refractivity contribution in [3.05, 3.63) is 22.1 Å². The lowest BCUT2D eigenvalue weighted by atomic mass is 10.3. The summed E-state index contributed by atoms with van der Waals surface area (Å²) in [7, 11) is 1.47. The van der Waals surface area contributed by atoms with Crippen LogP contribution in [-0.4, -0.2) is 28.7 Å². The number of hydrogen-bond acceptors (Lipinski definition) is 4. The van der Waals surface area contributed by atoms with Gasteiger partial charge in [-0.3, -0.25) is 9.59 Å². The molecule has 0 atom stereocenters. The summed E-state index contributed by atoms with van der Waals surface area (Å²) in [5, 5.41) is 2.90. The zero-order valence-corrected chi connectivity index (χ0v) is 8.77. The monoisotopic (exact) mass is 213 g/mol. The summed E-state index contributed by atoms with van der Waals surface area (Å²) in [5.74, 6) is 0.397. The maximum absolute atomic E-state index is 11.3. The van der Waals surface area contributed by atoms with Gasteiger partial charge < -0.3 is 10.3 Å². The van der Waals surface area contributed by atoms with Crippen molar-refractivity contribution in [1.82, 2.24) is 15.3 Å². The van der Waals surface area contributed by atoms with E-state index in [9.17, 15) is 9.59 Å². The van der Waals surface area contributed by atoms with Gasteiger partial charge in [-0.05, 0) is 5.75 Å². The number of nitrogens with one attached hydrogen (secondary N) is 2. The van der Waals surface area contributed by atoms with Crippen molar-refractivity contribution in [3.8, 4) is 0 Å². The van der Waals surface area contributed by atoms with Crippen LogP contribution in [0.2, 0.25) is 0 Å². The molecule has 2 N–H and O–H groups in total. The van der Waals surface area contributed by atoms with Crippen molar-refractivity contribution in [2.45, 2.75) is 12.1 Å². The molecule has 0 saturated heterocycles. The number of rotatable bonds is 3. The molecule has 0 spiro atoms. The molecule has 0 aliphatic carbocycles. The van der Waals surface area contributed by atoms with Gasteiger partial charge in [0, 0.05) is 13.2 Å². The number of H-pyrrole nitrogens is 1. The van der Waals surface area contributed by atoms with Crippen molar-refractivity contribution < 1.29 is 4.79 Å². The van der Waals surface area contributed by atoms with Gasteiger partial charge in [0.25, 0.3) is 11.5 Å².